The lowest BCUT2D eigenvalue weighted by molar-refractivity contribution is 0.0695. The highest BCUT2D eigenvalue weighted by Gasteiger charge is 2.32. The van der Waals surface area contributed by atoms with E-state index in [4.69, 9.17) is 11.6 Å². The minimum Gasteiger partial charge on any atom is -0.478 e. The fourth-order valence-corrected chi connectivity index (χ4v) is 2.38. The van der Waals surface area contributed by atoms with Crippen LogP contribution in [0.5, 0.6) is 0 Å². The van der Waals surface area contributed by atoms with Gasteiger partial charge in [0.2, 0.25) is 0 Å². The molecule has 0 bridgehead atoms. The SMILES string of the molecule is O=C(O)c1c(C2CC2)nc2ccccc2c1Cl. The number of benzene rings is 1. The molecule has 0 aliphatic heterocycles. The summed E-state index contributed by atoms with van der Waals surface area (Å²) in [6, 6.07) is 7.37. The highest BCUT2D eigenvalue weighted by Crippen LogP contribution is 2.43. The number of rotatable bonds is 2. The fourth-order valence-electron chi connectivity index (χ4n) is 2.05. The zero-order valence-electron chi connectivity index (χ0n) is 8.98. The van der Waals surface area contributed by atoms with Crippen LogP contribution in [0.1, 0.15) is 34.8 Å². The van der Waals surface area contributed by atoms with E-state index in [1.165, 1.54) is 0 Å². The summed E-state index contributed by atoms with van der Waals surface area (Å²) in [5, 5.41) is 10.3. The van der Waals surface area contributed by atoms with Gasteiger partial charge in [0.15, 0.2) is 0 Å². The van der Waals surface area contributed by atoms with Crippen molar-refractivity contribution in [2.45, 2.75) is 18.8 Å². The lowest BCUT2D eigenvalue weighted by Gasteiger charge is -2.09. The zero-order valence-corrected chi connectivity index (χ0v) is 9.74. The molecule has 0 unspecified atom stereocenters. The summed E-state index contributed by atoms with van der Waals surface area (Å²) in [6.45, 7) is 0. The van der Waals surface area contributed by atoms with Crippen LogP contribution < -0.4 is 0 Å². The van der Waals surface area contributed by atoms with Crippen molar-refractivity contribution in [1.29, 1.82) is 0 Å². The Morgan fingerprint density at radius 3 is 2.71 bits per heavy atom. The number of fused-ring (bicyclic) bond motifs is 1. The van der Waals surface area contributed by atoms with Crippen LogP contribution in [0.4, 0.5) is 0 Å². The molecule has 0 saturated heterocycles. The summed E-state index contributed by atoms with van der Waals surface area (Å²) in [7, 11) is 0. The molecule has 1 aromatic heterocycles. The third kappa shape index (κ3) is 1.67. The number of aromatic carboxylic acids is 1. The van der Waals surface area contributed by atoms with Crippen molar-refractivity contribution in [3.8, 4) is 0 Å². The number of hydrogen-bond acceptors (Lipinski definition) is 2. The number of para-hydroxylation sites is 1. The first kappa shape index (κ1) is 10.5. The number of carboxylic acids is 1. The van der Waals surface area contributed by atoms with E-state index >= 15 is 0 Å². The van der Waals surface area contributed by atoms with E-state index in [1.54, 1.807) is 6.07 Å². The molecule has 1 N–H and O–H groups in total. The molecular weight excluding hydrogens is 238 g/mol. The predicted octanol–water partition coefficient (Wildman–Crippen LogP) is 3.46. The van der Waals surface area contributed by atoms with Gasteiger partial charge in [-0.15, -0.1) is 0 Å². The van der Waals surface area contributed by atoms with Crippen LogP contribution in [-0.4, -0.2) is 16.1 Å². The Hall–Kier alpha value is -1.61. The van der Waals surface area contributed by atoms with Gasteiger partial charge in [-0.25, -0.2) is 4.79 Å². The van der Waals surface area contributed by atoms with Gasteiger partial charge in [-0.2, -0.15) is 0 Å². The Balaban J connectivity index is 2.37. The van der Waals surface area contributed by atoms with E-state index < -0.39 is 5.97 Å². The van der Waals surface area contributed by atoms with Gasteiger partial charge in [0, 0.05) is 11.3 Å². The van der Waals surface area contributed by atoms with Gasteiger partial charge in [-0.1, -0.05) is 29.8 Å². The molecule has 1 heterocycles. The van der Waals surface area contributed by atoms with Crippen molar-refractivity contribution < 1.29 is 9.90 Å². The number of carbonyl (C=O) groups is 1. The molecule has 3 nitrogen and oxygen atoms in total. The normalized spacial score (nSPS) is 15.1. The monoisotopic (exact) mass is 247 g/mol. The van der Waals surface area contributed by atoms with Gasteiger partial charge in [-0.05, 0) is 18.9 Å². The maximum atomic E-state index is 11.3. The standard InChI is InChI=1S/C13H10ClNO2/c14-11-8-3-1-2-4-9(8)15-12(7-5-6-7)10(11)13(16)17/h1-4,7H,5-6H2,(H,16,17). The van der Waals surface area contributed by atoms with E-state index in [9.17, 15) is 9.90 Å². The number of pyridine rings is 1. The fraction of sp³-hybridized carbons (Fsp3) is 0.231. The van der Waals surface area contributed by atoms with Crippen LogP contribution in [-0.2, 0) is 0 Å². The van der Waals surface area contributed by atoms with E-state index in [0.29, 0.717) is 16.1 Å². The molecule has 3 rings (SSSR count). The lowest BCUT2D eigenvalue weighted by atomic mass is 10.1. The largest absolute Gasteiger partial charge is 0.478 e. The van der Waals surface area contributed by atoms with Gasteiger partial charge in [0.05, 0.1) is 16.2 Å². The Bertz CT molecular complexity index is 620. The molecule has 0 amide bonds. The molecule has 0 atom stereocenters. The molecule has 2 aromatic rings. The van der Waals surface area contributed by atoms with Crippen molar-refractivity contribution in [2.75, 3.05) is 0 Å². The number of halogens is 1. The smallest absolute Gasteiger partial charge is 0.339 e. The van der Waals surface area contributed by atoms with Crippen LogP contribution in [0.3, 0.4) is 0 Å². The molecule has 17 heavy (non-hydrogen) atoms. The van der Waals surface area contributed by atoms with Crippen LogP contribution in [0.25, 0.3) is 10.9 Å². The third-order valence-corrected chi connectivity index (χ3v) is 3.43. The molecule has 4 heteroatoms. The van der Waals surface area contributed by atoms with E-state index in [0.717, 1.165) is 18.4 Å². The van der Waals surface area contributed by atoms with Crippen LogP contribution in [0.2, 0.25) is 5.02 Å². The lowest BCUT2D eigenvalue weighted by Crippen LogP contribution is -2.06. The topological polar surface area (TPSA) is 50.2 Å². The number of aromatic nitrogens is 1. The van der Waals surface area contributed by atoms with Crippen molar-refractivity contribution in [3.63, 3.8) is 0 Å². The van der Waals surface area contributed by atoms with Gasteiger partial charge in [-0.3, -0.25) is 4.98 Å². The van der Waals surface area contributed by atoms with E-state index in [-0.39, 0.29) is 11.5 Å². The molecule has 1 aliphatic carbocycles. The average molecular weight is 248 g/mol. The quantitative estimate of drug-likeness (QED) is 0.884. The van der Waals surface area contributed by atoms with E-state index in [2.05, 4.69) is 4.98 Å². The summed E-state index contributed by atoms with van der Waals surface area (Å²) in [4.78, 5) is 15.7. The molecule has 86 valence electrons. The van der Waals surface area contributed by atoms with Crippen LogP contribution >= 0.6 is 11.6 Å². The maximum absolute atomic E-state index is 11.3. The minimum atomic E-state index is -0.991. The second-order valence-corrected chi connectivity index (χ2v) is 4.66. The van der Waals surface area contributed by atoms with Crippen LogP contribution in [0, 0.1) is 0 Å². The first-order valence-corrected chi connectivity index (χ1v) is 5.87. The summed E-state index contributed by atoms with van der Waals surface area (Å²) >= 11 is 6.19. The van der Waals surface area contributed by atoms with Gasteiger partial charge < -0.3 is 5.11 Å². The highest BCUT2D eigenvalue weighted by atomic mass is 35.5. The molecule has 1 saturated carbocycles. The summed E-state index contributed by atoms with van der Waals surface area (Å²) in [5.41, 5.74) is 1.58. The predicted molar refractivity (Wildman–Crippen MR) is 65.7 cm³/mol. The Labute approximate surface area is 103 Å². The second-order valence-electron chi connectivity index (χ2n) is 4.28. The molecule has 1 fully saturated rings. The average Bonchev–Trinajstić information content (AvgIpc) is 3.12. The molecule has 0 spiro atoms. The van der Waals surface area contributed by atoms with Crippen molar-refractivity contribution in [2.24, 2.45) is 0 Å². The minimum absolute atomic E-state index is 0.174. The Kier molecular flexibility index (Phi) is 2.30. The van der Waals surface area contributed by atoms with Gasteiger partial charge >= 0.3 is 5.97 Å². The van der Waals surface area contributed by atoms with Gasteiger partial charge in [0.1, 0.15) is 5.56 Å². The molecule has 1 aromatic carbocycles. The first-order valence-electron chi connectivity index (χ1n) is 5.50. The van der Waals surface area contributed by atoms with Crippen molar-refractivity contribution >= 4 is 28.5 Å². The number of nitrogens with zero attached hydrogens (tertiary/aromatic N) is 1. The summed E-state index contributed by atoms with van der Waals surface area (Å²) in [6.07, 6.45) is 2.00. The molecule has 0 radical (unpaired) electrons. The van der Waals surface area contributed by atoms with Crippen molar-refractivity contribution in [1.82, 2.24) is 4.98 Å². The zero-order chi connectivity index (χ0) is 12.0. The number of carboxylic acid groups (broad SMARTS) is 1. The van der Waals surface area contributed by atoms with Gasteiger partial charge in [0.25, 0.3) is 0 Å². The Morgan fingerprint density at radius 1 is 1.35 bits per heavy atom. The summed E-state index contributed by atoms with van der Waals surface area (Å²) < 4.78 is 0. The first-order chi connectivity index (χ1) is 8.18. The molecular formula is C13H10ClNO2. The van der Waals surface area contributed by atoms with Crippen LogP contribution in [0.15, 0.2) is 24.3 Å². The highest BCUT2D eigenvalue weighted by molar-refractivity contribution is 6.38. The van der Waals surface area contributed by atoms with Crippen molar-refractivity contribution in [3.05, 3.63) is 40.5 Å². The summed E-state index contributed by atoms with van der Waals surface area (Å²) in [5.74, 6) is -0.724. The maximum Gasteiger partial charge on any atom is 0.339 e. The molecule has 1 aliphatic rings. The second kappa shape index (κ2) is 3.70. The number of hydrogen-bond donors (Lipinski definition) is 1. The van der Waals surface area contributed by atoms with E-state index in [1.807, 2.05) is 18.2 Å². The Morgan fingerprint density at radius 2 is 2.06 bits per heavy atom. The third-order valence-electron chi connectivity index (χ3n) is 3.03.